The third kappa shape index (κ3) is 4.67. The van der Waals surface area contributed by atoms with E-state index in [2.05, 4.69) is 37.9 Å². The first-order chi connectivity index (χ1) is 14.9. The van der Waals surface area contributed by atoms with Gasteiger partial charge in [0.15, 0.2) is 0 Å². The van der Waals surface area contributed by atoms with Crippen LogP contribution in [0.5, 0.6) is 5.75 Å². The molecular weight excluding hydrogens is 410 g/mol. The second-order valence-corrected chi connectivity index (χ2v) is 8.19. The largest absolute Gasteiger partial charge is 0.494 e. The van der Waals surface area contributed by atoms with Crippen LogP contribution in [0.3, 0.4) is 0 Å². The lowest BCUT2D eigenvalue weighted by atomic mass is 10.0. The summed E-state index contributed by atoms with van der Waals surface area (Å²) in [5, 5.41) is 0.691. The molecule has 0 aliphatic rings. The van der Waals surface area contributed by atoms with Crippen molar-refractivity contribution in [1.29, 1.82) is 0 Å². The molecule has 31 heavy (non-hydrogen) atoms. The maximum atomic E-state index is 6.15. The summed E-state index contributed by atoms with van der Waals surface area (Å²) in [4.78, 5) is 9.03. The van der Waals surface area contributed by atoms with Crippen LogP contribution in [0.25, 0.3) is 17.3 Å². The average molecular weight is 436 g/mol. The van der Waals surface area contributed by atoms with Crippen molar-refractivity contribution in [3.05, 3.63) is 82.1 Å². The fourth-order valence-corrected chi connectivity index (χ4v) is 3.65. The Balaban J connectivity index is 1.52. The van der Waals surface area contributed by atoms with E-state index in [1.165, 1.54) is 16.7 Å². The van der Waals surface area contributed by atoms with E-state index in [1.54, 1.807) is 6.20 Å². The molecule has 0 saturated carbocycles. The van der Waals surface area contributed by atoms with Crippen molar-refractivity contribution in [3.8, 4) is 23.0 Å². The zero-order chi connectivity index (χ0) is 22.0. The van der Waals surface area contributed by atoms with Gasteiger partial charge in [0, 0.05) is 29.4 Å². The summed E-state index contributed by atoms with van der Waals surface area (Å²) in [6.45, 7) is 8.88. The second kappa shape index (κ2) is 8.98. The summed E-state index contributed by atoms with van der Waals surface area (Å²) in [6.07, 6.45) is 5.11. The number of aryl methyl sites for hydroxylation is 4. The maximum Gasteiger partial charge on any atom is 0.307 e. The number of hydrogen-bond acceptors (Lipinski definition) is 4. The van der Waals surface area contributed by atoms with Crippen molar-refractivity contribution in [2.24, 2.45) is 0 Å². The van der Waals surface area contributed by atoms with E-state index in [4.69, 9.17) is 25.7 Å². The molecule has 160 valence electrons. The van der Waals surface area contributed by atoms with Crippen molar-refractivity contribution in [3.63, 3.8) is 0 Å². The molecule has 0 unspecified atom stereocenters. The van der Waals surface area contributed by atoms with Crippen molar-refractivity contribution >= 4 is 11.6 Å². The molecule has 0 aliphatic heterocycles. The predicted molar refractivity (Wildman–Crippen MR) is 123 cm³/mol. The molecule has 0 radical (unpaired) electrons. The van der Waals surface area contributed by atoms with E-state index in [0.29, 0.717) is 24.1 Å². The highest BCUT2D eigenvalue weighted by atomic mass is 35.5. The van der Waals surface area contributed by atoms with Gasteiger partial charge in [0.05, 0.1) is 6.61 Å². The van der Waals surface area contributed by atoms with Gasteiger partial charge in [0.2, 0.25) is 0 Å². The van der Waals surface area contributed by atoms with Crippen LogP contribution in [-0.2, 0) is 6.42 Å². The number of aromatic nitrogens is 3. The topological polar surface area (TPSA) is 53.1 Å². The summed E-state index contributed by atoms with van der Waals surface area (Å²) in [5.74, 6) is 2.56. The fourth-order valence-electron chi connectivity index (χ4n) is 3.53. The summed E-state index contributed by atoms with van der Waals surface area (Å²) < 4.78 is 14.0. The molecule has 5 nitrogen and oxygen atoms in total. The third-order valence-corrected chi connectivity index (χ3v) is 5.80. The van der Waals surface area contributed by atoms with E-state index < -0.39 is 0 Å². The molecule has 0 aliphatic carbocycles. The second-order valence-electron chi connectivity index (χ2n) is 7.75. The van der Waals surface area contributed by atoms with Gasteiger partial charge in [-0.15, -0.1) is 0 Å². The molecule has 4 rings (SSSR count). The van der Waals surface area contributed by atoms with Crippen LogP contribution in [0.15, 0.2) is 53.2 Å². The minimum Gasteiger partial charge on any atom is -0.494 e. The maximum absolute atomic E-state index is 6.15. The number of ether oxygens (including phenoxy) is 1. The van der Waals surface area contributed by atoms with Gasteiger partial charge in [0.1, 0.15) is 23.0 Å². The van der Waals surface area contributed by atoms with Crippen LogP contribution in [-0.4, -0.2) is 21.1 Å². The number of rotatable bonds is 7. The molecule has 0 bridgehead atoms. The minimum atomic E-state index is 0.514. The quantitative estimate of drug-likeness (QED) is 0.314. The highest BCUT2D eigenvalue weighted by Crippen LogP contribution is 2.28. The lowest BCUT2D eigenvalue weighted by Gasteiger charge is -2.10. The molecule has 0 N–H and O–H groups in total. The smallest absolute Gasteiger partial charge is 0.307 e. The fraction of sp³-hybridized carbons (Fsp3) is 0.280. The molecule has 6 heteroatoms. The van der Waals surface area contributed by atoms with Gasteiger partial charge in [-0.05, 0) is 75.1 Å². The molecule has 2 aromatic heterocycles. The summed E-state index contributed by atoms with van der Waals surface area (Å²) in [5.41, 5.74) is 5.59. The number of imidazole rings is 1. The highest BCUT2D eigenvalue weighted by Gasteiger charge is 2.17. The summed E-state index contributed by atoms with van der Waals surface area (Å²) in [6, 6.07) is 12.3. The van der Waals surface area contributed by atoms with Gasteiger partial charge in [-0.3, -0.25) is 4.57 Å². The number of halogens is 1. The highest BCUT2D eigenvalue weighted by molar-refractivity contribution is 6.30. The normalized spacial score (nSPS) is 11.1. The zero-order valence-corrected chi connectivity index (χ0v) is 19.0. The standard InChI is InChI=1S/C25H26ClN3O2/c1-16-14-22(15-17(2)18(16)3)30-13-5-6-23-24(20-7-9-21(26)10-8-20)28-25(31-23)29-12-11-27-19(29)4/h7-12,14-15H,5-6,13H2,1-4H3. The molecule has 0 amide bonds. The lowest BCUT2D eigenvalue weighted by Crippen LogP contribution is -2.01. The van der Waals surface area contributed by atoms with E-state index in [-0.39, 0.29) is 0 Å². The minimum absolute atomic E-state index is 0.514. The van der Waals surface area contributed by atoms with Gasteiger partial charge >= 0.3 is 6.01 Å². The van der Waals surface area contributed by atoms with Crippen LogP contribution in [0.1, 0.15) is 34.7 Å². The Hall–Kier alpha value is -3.05. The number of benzene rings is 2. The molecule has 4 aromatic rings. The first kappa shape index (κ1) is 21.2. The van der Waals surface area contributed by atoms with E-state index in [9.17, 15) is 0 Å². The van der Waals surface area contributed by atoms with Crippen molar-refractivity contribution in [1.82, 2.24) is 14.5 Å². The van der Waals surface area contributed by atoms with Gasteiger partial charge in [-0.2, -0.15) is 4.98 Å². The van der Waals surface area contributed by atoms with Gasteiger partial charge in [0.25, 0.3) is 0 Å². The van der Waals surface area contributed by atoms with Crippen molar-refractivity contribution in [2.75, 3.05) is 6.61 Å². The van der Waals surface area contributed by atoms with E-state index in [1.807, 2.05) is 42.0 Å². The predicted octanol–water partition coefficient (Wildman–Crippen LogP) is 6.43. The Morgan fingerprint density at radius 3 is 2.39 bits per heavy atom. The number of oxazole rings is 1. The molecule has 2 heterocycles. The number of nitrogens with zero attached hydrogens (tertiary/aromatic N) is 3. The van der Waals surface area contributed by atoms with Crippen LogP contribution in [0, 0.1) is 27.7 Å². The van der Waals surface area contributed by atoms with Gasteiger partial charge in [-0.25, -0.2) is 4.98 Å². The Morgan fingerprint density at radius 1 is 1.03 bits per heavy atom. The van der Waals surface area contributed by atoms with Crippen LogP contribution in [0.2, 0.25) is 5.02 Å². The summed E-state index contributed by atoms with van der Waals surface area (Å²) >= 11 is 6.07. The lowest BCUT2D eigenvalue weighted by molar-refractivity contribution is 0.305. The number of hydrogen-bond donors (Lipinski definition) is 0. The zero-order valence-electron chi connectivity index (χ0n) is 18.3. The van der Waals surface area contributed by atoms with Crippen LogP contribution in [0.4, 0.5) is 0 Å². The Bertz CT molecular complexity index is 1170. The first-order valence-electron chi connectivity index (χ1n) is 10.4. The average Bonchev–Trinajstić information content (AvgIpc) is 3.36. The molecule has 0 fully saturated rings. The van der Waals surface area contributed by atoms with Crippen LogP contribution >= 0.6 is 11.6 Å². The molecule has 0 spiro atoms. The van der Waals surface area contributed by atoms with E-state index >= 15 is 0 Å². The Morgan fingerprint density at radius 2 is 1.74 bits per heavy atom. The Labute approximate surface area is 187 Å². The van der Waals surface area contributed by atoms with Crippen molar-refractivity contribution in [2.45, 2.75) is 40.5 Å². The van der Waals surface area contributed by atoms with Gasteiger partial charge in [-0.1, -0.05) is 23.7 Å². The molecule has 0 saturated heterocycles. The van der Waals surface area contributed by atoms with Crippen molar-refractivity contribution < 1.29 is 9.15 Å². The molecule has 2 aromatic carbocycles. The SMILES string of the molecule is Cc1cc(OCCCc2oc(-n3ccnc3C)nc2-c2ccc(Cl)cc2)cc(C)c1C. The first-order valence-corrected chi connectivity index (χ1v) is 10.8. The van der Waals surface area contributed by atoms with Gasteiger partial charge < -0.3 is 9.15 Å². The van der Waals surface area contributed by atoms with Crippen LogP contribution < -0.4 is 4.74 Å². The molecular formula is C25H26ClN3O2. The van der Waals surface area contributed by atoms with E-state index in [0.717, 1.165) is 35.0 Å². The summed E-state index contributed by atoms with van der Waals surface area (Å²) in [7, 11) is 0. The Kier molecular flexibility index (Phi) is 6.14. The monoisotopic (exact) mass is 435 g/mol. The third-order valence-electron chi connectivity index (χ3n) is 5.55. The molecule has 0 atom stereocenters.